The first-order valence-corrected chi connectivity index (χ1v) is 10.2. The maximum absolute atomic E-state index is 13.7. The summed E-state index contributed by atoms with van der Waals surface area (Å²) in [6.07, 6.45) is 2.38. The third kappa shape index (κ3) is 4.28. The van der Waals surface area contributed by atoms with Crippen LogP contribution in [0.2, 0.25) is 0 Å². The van der Waals surface area contributed by atoms with E-state index >= 15 is 0 Å². The van der Waals surface area contributed by atoms with E-state index in [0.29, 0.717) is 27.9 Å². The van der Waals surface area contributed by atoms with Crippen LogP contribution in [-0.2, 0) is 4.79 Å². The predicted octanol–water partition coefficient (Wildman–Crippen LogP) is 3.43. The fraction of sp³-hybridized carbons (Fsp3) is 0.208. The molecule has 1 N–H and O–H groups in total. The first kappa shape index (κ1) is 22.0. The quantitative estimate of drug-likeness (QED) is 0.646. The number of pyridine rings is 2. The minimum absolute atomic E-state index is 0.241. The van der Waals surface area contributed by atoms with Gasteiger partial charge in [0.2, 0.25) is 5.91 Å². The van der Waals surface area contributed by atoms with Gasteiger partial charge in [-0.2, -0.15) is 5.26 Å². The number of hydrogen-bond acceptors (Lipinski definition) is 5. The molecule has 3 heterocycles. The summed E-state index contributed by atoms with van der Waals surface area (Å²) in [5.74, 6) is -4.48. The molecule has 7 nitrogen and oxygen atoms in total. The molecule has 9 heteroatoms. The molecule has 1 saturated heterocycles. The lowest BCUT2D eigenvalue weighted by Gasteiger charge is -2.20. The highest BCUT2D eigenvalue weighted by Gasteiger charge is 2.47. The van der Waals surface area contributed by atoms with Crippen LogP contribution in [0.25, 0.3) is 28.2 Å². The van der Waals surface area contributed by atoms with Gasteiger partial charge in [0.15, 0.2) is 0 Å². The maximum Gasteiger partial charge on any atom is 0.268 e. The van der Waals surface area contributed by atoms with Gasteiger partial charge in [-0.3, -0.25) is 14.6 Å². The Labute approximate surface area is 188 Å². The van der Waals surface area contributed by atoms with Crippen molar-refractivity contribution in [3.05, 3.63) is 66.5 Å². The van der Waals surface area contributed by atoms with E-state index in [1.54, 1.807) is 54.7 Å². The normalized spacial score (nSPS) is 16.9. The lowest BCUT2D eigenvalue weighted by atomic mass is 9.96. The monoisotopic (exact) mass is 447 g/mol. The third-order valence-corrected chi connectivity index (χ3v) is 5.40. The van der Waals surface area contributed by atoms with Gasteiger partial charge in [-0.15, -0.1) is 0 Å². The number of aromatic nitrogens is 2. The number of nitriles is 1. The summed E-state index contributed by atoms with van der Waals surface area (Å²) in [7, 11) is 0. The molecule has 1 atom stereocenters. The van der Waals surface area contributed by atoms with Crippen molar-refractivity contribution in [1.29, 1.82) is 5.26 Å². The molecule has 33 heavy (non-hydrogen) atoms. The van der Waals surface area contributed by atoms with Crippen LogP contribution in [0.1, 0.15) is 22.5 Å². The third-order valence-electron chi connectivity index (χ3n) is 5.40. The molecule has 4 rings (SSSR count). The second kappa shape index (κ2) is 8.74. The van der Waals surface area contributed by atoms with Gasteiger partial charge < -0.3 is 10.2 Å². The van der Waals surface area contributed by atoms with E-state index in [2.05, 4.69) is 21.9 Å². The second-order valence-corrected chi connectivity index (χ2v) is 7.59. The van der Waals surface area contributed by atoms with E-state index in [1.807, 2.05) is 0 Å². The van der Waals surface area contributed by atoms with Gasteiger partial charge in [-0.1, -0.05) is 30.8 Å². The van der Waals surface area contributed by atoms with Crippen LogP contribution in [0.5, 0.6) is 0 Å². The molecule has 2 amide bonds. The fourth-order valence-electron chi connectivity index (χ4n) is 3.92. The second-order valence-electron chi connectivity index (χ2n) is 7.59. The van der Waals surface area contributed by atoms with Crippen molar-refractivity contribution in [2.75, 3.05) is 13.1 Å². The molecule has 0 aliphatic carbocycles. The highest BCUT2D eigenvalue weighted by atomic mass is 19.3. The van der Waals surface area contributed by atoms with Gasteiger partial charge in [-0.25, -0.2) is 13.8 Å². The summed E-state index contributed by atoms with van der Waals surface area (Å²) in [5, 5.41) is 12.2. The largest absolute Gasteiger partial charge is 0.343 e. The molecular weight excluding hydrogens is 428 g/mol. The number of benzene rings is 1. The van der Waals surface area contributed by atoms with Crippen molar-refractivity contribution in [2.45, 2.75) is 18.4 Å². The summed E-state index contributed by atoms with van der Waals surface area (Å²) in [6.45, 7) is 2.42. The Morgan fingerprint density at radius 1 is 1.27 bits per heavy atom. The fourth-order valence-corrected chi connectivity index (χ4v) is 3.92. The lowest BCUT2D eigenvalue weighted by molar-refractivity contribution is -0.131. The average Bonchev–Trinajstić information content (AvgIpc) is 3.16. The van der Waals surface area contributed by atoms with Gasteiger partial charge in [0, 0.05) is 23.6 Å². The molecule has 3 aromatic rings. The molecule has 166 valence electrons. The number of carbonyl (C=O) groups is 2. The Hall–Kier alpha value is -4.19. The van der Waals surface area contributed by atoms with E-state index in [-0.39, 0.29) is 5.56 Å². The minimum atomic E-state index is -3.13. The highest BCUT2D eigenvalue weighted by molar-refractivity contribution is 6.13. The molecule has 0 bridgehead atoms. The number of nitrogens with zero attached hydrogens (tertiary/aromatic N) is 4. The Kier molecular flexibility index (Phi) is 5.84. The summed E-state index contributed by atoms with van der Waals surface area (Å²) >= 11 is 0. The van der Waals surface area contributed by atoms with E-state index in [9.17, 15) is 18.4 Å². The van der Waals surface area contributed by atoms with Crippen molar-refractivity contribution in [1.82, 2.24) is 20.2 Å². The zero-order chi connectivity index (χ0) is 23.6. The summed E-state index contributed by atoms with van der Waals surface area (Å²) in [6, 6.07) is 12.7. The number of rotatable bonds is 5. The van der Waals surface area contributed by atoms with E-state index in [0.717, 1.165) is 4.90 Å². The van der Waals surface area contributed by atoms with Crippen LogP contribution in [0.15, 0.2) is 55.2 Å². The molecule has 0 radical (unpaired) electrons. The van der Waals surface area contributed by atoms with Gasteiger partial charge in [-0.05, 0) is 24.3 Å². The molecule has 0 spiro atoms. The molecule has 1 fully saturated rings. The zero-order valence-corrected chi connectivity index (χ0v) is 17.5. The van der Waals surface area contributed by atoms with E-state index in [1.165, 1.54) is 6.08 Å². The minimum Gasteiger partial charge on any atom is -0.343 e. The molecule has 2 aromatic heterocycles. The number of halogens is 2. The first-order chi connectivity index (χ1) is 15.8. The number of nitrogens with one attached hydrogen (secondary N) is 1. The number of alkyl halides is 2. The first-order valence-electron chi connectivity index (χ1n) is 10.2. The average molecular weight is 447 g/mol. The summed E-state index contributed by atoms with van der Waals surface area (Å²) < 4.78 is 27.4. The van der Waals surface area contributed by atoms with Gasteiger partial charge in [0.25, 0.3) is 11.8 Å². The van der Waals surface area contributed by atoms with Crippen LogP contribution in [0.3, 0.4) is 0 Å². The topological polar surface area (TPSA) is 99.0 Å². The van der Waals surface area contributed by atoms with E-state index < -0.39 is 43.3 Å². The smallest absolute Gasteiger partial charge is 0.268 e. The van der Waals surface area contributed by atoms with Crippen LogP contribution < -0.4 is 5.32 Å². The molecule has 1 unspecified atom stereocenters. The maximum atomic E-state index is 13.7. The Morgan fingerprint density at radius 2 is 2.03 bits per heavy atom. The number of fused-ring (bicyclic) bond motifs is 1. The van der Waals surface area contributed by atoms with Crippen LogP contribution in [-0.4, -0.2) is 51.7 Å². The van der Waals surface area contributed by atoms with Gasteiger partial charge in [0.05, 0.1) is 41.6 Å². The van der Waals surface area contributed by atoms with Crippen molar-refractivity contribution >= 4 is 28.8 Å². The van der Waals surface area contributed by atoms with E-state index in [4.69, 9.17) is 5.26 Å². The van der Waals surface area contributed by atoms with Gasteiger partial charge >= 0.3 is 0 Å². The number of para-hydroxylation sites is 1. The number of hydrogen-bond donors (Lipinski definition) is 1. The van der Waals surface area contributed by atoms with Crippen LogP contribution >= 0.6 is 0 Å². The number of likely N-dealkylation sites (tertiary alicyclic amines) is 1. The summed E-state index contributed by atoms with van der Waals surface area (Å²) in [4.78, 5) is 35.6. The standard InChI is InChI=1S/C24H19F2N5O2/c1-2-17-22(19-9-5-6-10-28-19)21(16-7-3-4-8-18(16)30-17)23(33)29-13-20(32)31-14-24(25,26)11-15(31)12-27/h2-10,15H,1,11,13-14H2,(H,29,33). The van der Waals surface area contributed by atoms with Crippen LogP contribution in [0.4, 0.5) is 8.78 Å². The molecule has 1 aromatic carbocycles. The Morgan fingerprint density at radius 3 is 2.73 bits per heavy atom. The molecule has 0 saturated carbocycles. The zero-order valence-electron chi connectivity index (χ0n) is 17.5. The predicted molar refractivity (Wildman–Crippen MR) is 118 cm³/mol. The van der Waals surface area contributed by atoms with Gasteiger partial charge in [0.1, 0.15) is 6.04 Å². The highest BCUT2D eigenvalue weighted by Crippen LogP contribution is 2.33. The SMILES string of the molecule is C=Cc1nc2ccccc2c(C(=O)NCC(=O)N2CC(F)(F)CC2C#N)c1-c1ccccn1. The van der Waals surface area contributed by atoms with Crippen molar-refractivity contribution in [2.24, 2.45) is 0 Å². The Bertz CT molecular complexity index is 1290. The lowest BCUT2D eigenvalue weighted by Crippen LogP contribution is -2.43. The van der Waals surface area contributed by atoms with Crippen molar-refractivity contribution < 1.29 is 18.4 Å². The molecular formula is C24H19F2N5O2. The molecule has 1 aliphatic rings. The van der Waals surface area contributed by atoms with Crippen molar-refractivity contribution in [3.63, 3.8) is 0 Å². The Balaban J connectivity index is 1.70. The summed E-state index contributed by atoms with van der Waals surface area (Å²) in [5.41, 5.74) is 2.16. The molecule has 1 aliphatic heterocycles. The van der Waals surface area contributed by atoms with Crippen LogP contribution in [0, 0.1) is 11.3 Å². The van der Waals surface area contributed by atoms with Crippen molar-refractivity contribution in [3.8, 4) is 17.3 Å². The number of carbonyl (C=O) groups excluding carboxylic acids is 2. The number of amides is 2.